The number of rotatable bonds is 8. The fraction of sp³-hybridized carbons (Fsp3) is 1.00. The molecule has 3 unspecified atom stereocenters. The zero-order chi connectivity index (χ0) is 12.3. The standard InChI is InChI=1S/C12H20O6/c1(13-5-10-6-17-10)2-15-8-12(9-18-12)11-7-14-3-4-16-11/h10-11H,1-9H2. The van der Waals surface area contributed by atoms with Crippen molar-refractivity contribution in [1.29, 1.82) is 0 Å². The number of epoxide rings is 2. The minimum absolute atomic E-state index is 0.00651. The minimum atomic E-state index is -0.278. The first-order valence-corrected chi connectivity index (χ1v) is 6.49. The average Bonchev–Trinajstić information content (AvgIpc) is 3.30. The van der Waals surface area contributed by atoms with E-state index in [0.717, 1.165) is 6.61 Å². The van der Waals surface area contributed by atoms with Gasteiger partial charge in [-0.1, -0.05) is 0 Å². The van der Waals surface area contributed by atoms with Gasteiger partial charge in [0.05, 0.1) is 59.5 Å². The van der Waals surface area contributed by atoms with Crippen LogP contribution in [0.15, 0.2) is 0 Å². The lowest BCUT2D eigenvalue weighted by molar-refractivity contribution is -0.130. The number of hydrogen-bond acceptors (Lipinski definition) is 6. The Bertz CT molecular complexity index is 257. The van der Waals surface area contributed by atoms with Gasteiger partial charge in [0.2, 0.25) is 0 Å². The molecule has 3 rings (SSSR count). The molecule has 104 valence electrons. The second kappa shape index (κ2) is 5.81. The number of hydrogen-bond donors (Lipinski definition) is 0. The van der Waals surface area contributed by atoms with Crippen molar-refractivity contribution in [1.82, 2.24) is 0 Å². The molecule has 3 aliphatic heterocycles. The van der Waals surface area contributed by atoms with Gasteiger partial charge in [0, 0.05) is 0 Å². The molecule has 0 aromatic heterocycles. The van der Waals surface area contributed by atoms with Crippen LogP contribution in [0, 0.1) is 0 Å². The molecule has 0 amide bonds. The zero-order valence-electron chi connectivity index (χ0n) is 10.5. The quantitative estimate of drug-likeness (QED) is 0.437. The molecular weight excluding hydrogens is 240 g/mol. The van der Waals surface area contributed by atoms with Crippen molar-refractivity contribution in [3.8, 4) is 0 Å². The Labute approximate surface area is 106 Å². The van der Waals surface area contributed by atoms with Crippen molar-refractivity contribution in [3.63, 3.8) is 0 Å². The van der Waals surface area contributed by atoms with E-state index < -0.39 is 0 Å². The lowest BCUT2D eigenvalue weighted by Crippen LogP contribution is -2.44. The summed E-state index contributed by atoms with van der Waals surface area (Å²) in [5, 5.41) is 0. The Morgan fingerprint density at radius 1 is 1.06 bits per heavy atom. The van der Waals surface area contributed by atoms with E-state index in [1.165, 1.54) is 0 Å². The lowest BCUT2D eigenvalue weighted by atomic mass is 10.1. The Hall–Kier alpha value is -0.240. The molecule has 3 saturated heterocycles. The molecule has 0 aromatic carbocycles. The summed E-state index contributed by atoms with van der Waals surface area (Å²) in [5.74, 6) is 0. The lowest BCUT2D eigenvalue weighted by Gasteiger charge is -2.28. The molecule has 0 N–H and O–H groups in total. The first-order valence-electron chi connectivity index (χ1n) is 6.49. The summed E-state index contributed by atoms with van der Waals surface area (Å²) < 4.78 is 32.6. The molecule has 0 aromatic rings. The summed E-state index contributed by atoms with van der Waals surface area (Å²) in [5.41, 5.74) is -0.278. The van der Waals surface area contributed by atoms with Gasteiger partial charge in [-0.15, -0.1) is 0 Å². The highest BCUT2D eigenvalue weighted by molar-refractivity contribution is 5.00. The second-order valence-corrected chi connectivity index (χ2v) is 4.87. The van der Waals surface area contributed by atoms with Crippen LogP contribution in [0.25, 0.3) is 0 Å². The fourth-order valence-electron chi connectivity index (χ4n) is 1.99. The van der Waals surface area contributed by atoms with Gasteiger partial charge >= 0.3 is 0 Å². The third-order valence-corrected chi connectivity index (χ3v) is 3.34. The van der Waals surface area contributed by atoms with E-state index in [1.807, 2.05) is 0 Å². The van der Waals surface area contributed by atoms with Gasteiger partial charge in [-0.3, -0.25) is 0 Å². The normalized spacial score (nSPS) is 38.7. The van der Waals surface area contributed by atoms with Crippen molar-refractivity contribution in [3.05, 3.63) is 0 Å². The van der Waals surface area contributed by atoms with Gasteiger partial charge in [0.1, 0.15) is 17.8 Å². The van der Waals surface area contributed by atoms with Crippen LogP contribution in [0.3, 0.4) is 0 Å². The Morgan fingerprint density at radius 2 is 1.89 bits per heavy atom. The maximum Gasteiger partial charge on any atom is 0.143 e. The SMILES string of the molecule is C(COCC1(C2COCCO2)CO1)OCC1CO1. The van der Waals surface area contributed by atoms with E-state index in [1.54, 1.807) is 0 Å². The van der Waals surface area contributed by atoms with E-state index in [0.29, 0.717) is 59.0 Å². The first-order chi connectivity index (χ1) is 8.89. The smallest absolute Gasteiger partial charge is 0.143 e. The fourth-order valence-corrected chi connectivity index (χ4v) is 1.99. The minimum Gasteiger partial charge on any atom is -0.376 e. The van der Waals surface area contributed by atoms with Crippen LogP contribution in [0.5, 0.6) is 0 Å². The van der Waals surface area contributed by atoms with E-state index in [-0.39, 0.29) is 11.7 Å². The highest BCUT2D eigenvalue weighted by atomic mass is 16.7. The van der Waals surface area contributed by atoms with E-state index in [4.69, 9.17) is 28.4 Å². The maximum atomic E-state index is 5.65. The molecule has 3 atom stereocenters. The molecule has 3 fully saturated rings. The summed E-state index contributed by atoms with van der Waals surface area (Å²) in [6.45, 7) is 5.82. The summed E-state index contributed by atoms with van der Waals surface area (Å²) in [6, 6.07) is 0. The molecule has 3 aliphatic rings. The van der Waals surface area contributed by atoms with Crippen LogP contribution in [-0.2, 0) is 28.4 Å². The van der Waals surface area contributed by atoms with E-state index in [9.17, 15) is 0 Å². The molecule has 18 heavy (non-hydrogen) atoms. The topological polar surface area (TPSA) is 62.0 Å². The van der Waals surface area contributed by atoms with Crippen LogP contribution >= 0.6 is 0 Å². The highest BCUT2D eigenvalue weighted by Crippen LogP contribution is 2.34. The third-order valence-electron chi connectivity index (χ3n) is 3.34. The summed E-state index contributed by atoms with van der Waals surface area (Å²) in [4.78, 5) is 0. The van der Waals surface area contributed by atoms with Gasteiger partial charge in [-0.25, -0.2) is 0 Å². The van der Waals surface area contributed by atoms with Gasteiger partial charge in [-0.2, -0.15) is 0 Å². The summed E-state index contributed by atoms with van der Waals surface area (Å²) in [6.07, 6.45) is 0.322. The molecule has 0 saturated carbocycles. The monoisotopic (exact) mass is 260 g/mol. The zero-order valence-corrected chi connectivity index (χ0v) is 10.5. The third kappa shape index (κ3) is 3.40. The second-order valence-electron chi connectivity index (χ2n) is 4.87. The van der Waals surface area contributed by atoms with Gasteiger partial charge < -0.3 is 28.4 Å². The number of ether oxygens (including phenoxy) is 6. The van der Waals surface area contributed by atoms with Crippen molar-refractivity contribution in [2.45, 2.75) is 17.8 Å². The Kier molecular flexibility index (Phi) is 4.13. The van der Waals surface area contributed by atoms with Crippen molar-refractivity contribution in [2.75, 3.05) is 59.5 Å². The van der Waals surface area contributed by atoms with Crippen LogP contribution in [0.4, 0.5) is 0 Å². The molecular formula is C12H20O6. The highest BCUT2D eigenvalue weighted by Gasteiger charge is 2.53. The Morgan fingerprint density at radius 3 is 2.56 bits per heavy atom. The molecule has 0 bridgehead atoms. The van der Waals surface area contributed by atoms with Crippen LogP contribution in [-0.4, -0.2) is 77.3 Å². The molecule has 6 nitrogen and oxygen atoms in total. The van der Waals surface area contributed by atoms with Crippen molar-refractivity contribution >= 4 is 0 Å². The summed E-state index contributed by atoms with van der Waals surface area (Å²) >= 11 is 0. The van der Waals surface area contributed by atoms with E-state index in [2.05, 4.69) is 0 Å². The van der Waals surface area contributed by atoms with E-state index >= 15 is 0 Å². The van der Waals surface area contributed by atoms with Crippen LogP contribution in [0.2, 0.25) is 0 Å². The molecule has 0 spiro atoms. The van der Waals surface area contributed by atoms with Gasteiger partial charge in [-0.05, 0) is 0 Å². The largest absolute Gasteiger partial charge is 0.376 e. The molecule has 0 aliphatic carbocycles. The Balaban J connectivity index is 1.27. The average molecular weight is 260 g/mol. The molecule has 6 heteroatoms. The molecule has 0 radical (unpaired) electrons. The predicted molar refractivity (Wildman–Crippen MR) is 60.6 cm³/mol. The van der Waals surface area contributed by atoms with Crippen molar-refractivity contribution < 1.29 is 28.4 Å². The predicted octanol–water partition coefficient (Wildman–Crippen LogP) is -0.397. The van der Waals surface area contributed by atoms with Gasteiger partial charge in [0.15, 0.2) is 0 Å². The maximum absolute atomic E-state index is 5.65. The van der Waals surface area contributed by atoms with Crippen LogP contribution < -0.4 is 0 Å². The summed E-state index contributed by atoms with van der Waals surface area (Å²) in [7, 11) is 0. The van der Waals surface area contributed by atoms with Crippen molar-refractivity contribution in [2.24, 2.45) is 0 Å². The first kappa shape index (κ1) is 12.8. The molecule has 3 heterocycles. The van der Waals surface area contributed by atoms with Crippen LogP contribution in [0.1, 0.15) is 0 Å². The van der Waals surface area contributed by atoms with Gasteiger partial charge in [0.25, 0.3) is 0 Å².